The van der Waals surface area contributed by atoms with Crippen molar-refractivity contribution in [3.05, 3.63) is 41.0 Å². The Balaban J connectivity index is 1.46. The number of hydrogen-bond acceptors (Lipinski definition) is 15. The number of rotatable bonds is 16. The van der Waals surface area contributed by atoms with Crippen LogP contribution >= 0.6 is 0 Å². The van der Waals surface area contributed by atoms with E-state index in [0.29, 0.717) is 0 Å². The maximum Gasteiger partial charge on any atom is 0.303 e. The molecule has 0 aliphatic carbocycles. The molecule has 1 aromatic carbocycles. The number of carbonyl (C=O) groups excluding carboxylic acids is 5. The fourth-order valence-corrected chi connectivity index (χ4v) is 8.25. The summed E-state index contributed by atoms with van der Waals surface area (Å²) in [7, 11) is 0. The van der Waals surface area contributed by atoms with Crippen molar-refractivity contribution in [1.82, 2.24) is 9.80 Å². The largest absolute Gasteiger partial charge is 0.463 e. The number of aryl methyl sites for hydroxylation is 1. The summed E-state index contributed by atoms with van der Waals surface area (Å²) in [6.07, 6.45) is 2.72. The number of piperidine rings is 2. The molecule has 3 aliphatic rings. The lowest BCUT2D eigenvalue weighted by atomic mass is 9.72. The van der Waals surface area contributed by atoms with Gasteiger partial charge in [-0.25, -0.2) is 0 Å². The molecule has 4 N–H and O–H groups in total. The summed E-state index contributed by atoms with van der Waals surface area (Å²) < 4.78 is 33.8. The zero-order valence-electron chi connectivity index (χ0n) is 35.6. The Kier molecular flexibility index (Phi) is 17.2. The smallest absolute Gasteiger partial charge is 0.303 e. The van der Waals surface area contributed by atoms with Gasteiger partial charge in [0, 0.05) is 59.6 Å². The minimum absolute atomic E-state index is 0.0348. The second kappa shape index (κ2) is 21.5. The van der Waals surface area contributed by atoms with E-state index >= 15 is 0 Å². The summed E-state index contributed by atoms with van der Waals surface area (Å²) in [5.41, 5.74) is 8.96. The maximum absolute atomic E-state index is 12.3. The molecule has 16 heteroatoms. The van der Waals surface area contributed by atoms with Crippen LogP contribution in [-0.4, -0.2) is 128 Å². The second-order valence-corrected chi connectivity index (χ2v) is 16.3. The number of amides is 1. The van der Waals surface area contributed by atoms with Crippen molar-refractivity contribution in [2.24, 2.45) is 23.0 Å². The molecule has 0 aromatic heterocycles. The first-order valence-electron chi connectivity index (χ1n) is 20.5. The summed E-state index contributed by atoms with van der Waals surface area (Å²) in [5, 5.41) is 18.1. The predicted molar refractivity (Wildman–Crippen MR) is 218 cm³/mol. The van der Waals surface area contributed by atoms with Crippen LogP contribution in [0.15, 0.2) is 24.3 Å². The van der Waals surface area contributed by atoms with Gasteiger partial charge in [0.05, 0.1) is 12.5 Å². The molecule has 16 nitrogen and oxygen atoms in total. The third-order valence-corrected chi connectivity index (χ3v) is 11.3. The van der Waals surface area contributed by atoms with Gasteiger partial charge in [-0.3, -0.25) is 29.4 Å². The van der Waals surface area contributed by atoms with E-state index < -0.39 is 67.1 Å². The van der Waals surface area contributed by atoms with Crippen molar-refractivity contribution in [1.29, 1.82) is 10.8 Å². The van der Waals surface area contributed by atoms with E-state index in [1.54, 1.807) is 0 Å². The quantitative estimate of drug-likeness (QED) is 0.0931. The van der Waals surface area contributed by atoms with Crippen LogP contribution in [0.3, 0.4) is 0 Å². The summed E-state index contributed by atoms with van der Waals surface area (Å²) in [5.74, 6) is -4.44. The molecule has 1 aromatic rings. The Morgan fingerprint density at radius 3 is 2.14 bits per heavy atom. The van der Waals surface area contributed by atoms with E-state index in [9.17, 15) is 24.0 Å². The molecule has 3 heterocycles. The number of ether oxygens (including phenoxy) is 6. The highest BCUT2D eigenvalue weighted by Crippen LogP contribution is 2.40. The van der Waals surface area contributed by atoms with Crippen LogP contribution in [0.1, 0.15) is 90.3 Å². The van der Waals surface area contributed by atoms with Crippen LogP contribution in [-0.2, 0) is 58.8 Å². The Labute approximate surface area is 347 Å². The first-order chi connectivity index (χ1) is 27.9. The molecule has 59 heavy (non-hydrogen) atoms. The van der Waals surface area contributed by atoms with Gasteiger partial charge in [0.2, 0.25) is 18.3 Å². The number of nitrogens with one attached hydrogen (secondary N) is 2. The van der Waals surface area contributed by atoms with Gasteiger partial charge in [0.1, 0.15) is 12.7 Å². The van der Waals surface area contributed by atoms with Gasteiger partial charge in [-0.1, -0.05) is 44.2 Å². The zero-order chi connectivity index (χ0) is 43.4. The molecular formula is C43H63N5O11. The van der Waals surface area contributed by atoms with Crippen LogP contribution in [0.2, 0.25) is 0 Å². The van der Waals surface area contributed by atoms with Gasteiger partial charge in [0.25, 0.3) is 0 Å². The average Bonchev–Trinajstić information content (AvgIpc) is 3.17. The van der Waals surface area contributed by atoms with Gasteiger partial charge in [-0.2, -0.15) is 0 Å². The molecule has 326 valence electrons. The summed E-state index contributed by atoms with van der Waals surface area (Å²) in [6, 6.07) is 6.05. The SMILES string of the molecule is CC(=O)OC[C@H]1O[C@@H](OC(=N)C(Cc2ccc(C=CCCN3CCCC4(CCN(C(=O)CN)CC4)C3)cc2C)C(=N)C(C)C)[C@H](OC(C)=O)[C@@H](OC(C)=O)[C@@H]1OC(C)=O. The van der Waals surface area contributed by atoms with E-state index in [4.69, 9.17) is 45.0 Å². The Hall–Kier alpha value is -4.67. The molecule has 3 fully saturated rings. The first kappa shape index (κ1) is 47.0. The van der Waals surface area contributed by atoms with Crippen molar-refractivity contribution in [3.8, 4) is 0 Å². The van der Waals surface area contributed by atoms with Crippen molar-refractivity contribution in [3.63, 3.8) is 0 Å². The molecule has 0 bridgehead atoms. The number of likely N-dealkylation sites (tertiary alicyclic amines) is 2. The third kappa shape index (κ3) is 13.4. The first-order valence-corrected chi connectivity index (χ1v) is 20.5. The van der Waals surface area contributed by atoms with Crippen LogP contribution < -0.4 is 5.73 Å². The van der Waals surface area contributed by atoms with Gasteiger partial charge in [-0.15, -0.1) is 0 Å². The number of nitrogens with zero attached hydrogens (tertiary/aromatic N) is 2. The Morgan fingerprint density at radius 2 is 1.54 bits per heavy atom. The maximum atomic E-state index is 12.3. The fraction of sp³-hybridized carbons (Fsp3) is 0.651. The molecule has 1 amide bonds. The van der Waals surface area contributed by atoms with Crippen LogP contribution in [0.5, 0.6) is 0 Å². The molecule has 1 unspecified atom stereocenters. The number of nitrogens with two attached hydrogens (primary N) is 1. The monoisotopic (exact) mass is 825 g/mol. The predicted octanol–water partition coefficient (Wildman–Crippen LogP) is 3.97. The summed E-state index contributed by atoms with van der Waals surface area (Å²) in [4.78, 5) is 65.0. The van der Waals surface area contributed by atoms with Gasteiger partial charge in [-0.05, 0) is 80.0 Å². The van der Waals surface area contributed by atoms with Crippen molar-refractivity contribution in [2.45, 2.75) is 118 Å². The molecule has 4 rings (SSSR count). The number of hydrogen-bond donors (Lipinski definition) is 3. The zero-order valence-corrected chi connectivity index (χ0v) is 35.6. The number of carbonyl (C=O) groups is 5. The molecule has 1 spiro atoms. The minimum atomic E-state index is -1.57. The molecule has 3 saturated heterocycles. The van der Waals surface area contributed by atoms with Crippen LogP contribution in [0.4, 0.5) is 0 Å². The molecule has 0 saturated carbocycles. The molecule has 3 aliphatic heterocycles. The third-order valence-electron chi connectivity index (χ3n) is 11.3. The summed E-state index contributed by atoms with van der Waals surface area (Å²) >= 11 is 0. The van der Waals surface area contributed by atoms with Crippen molar-refractivity contribution < 1.29 is 52.4 Å². The highest BCUT2D eigenvalue weighted by Gasteiger charge is 2.54. The lowest BCUT2D eigenvalue weighted by Gasteiger charge is -2.47. The molecular weight excluding hydrogens is 762 g/mol. The number of benzene rings is 1. The van der Waals surface area contributed by atoms with Gasteiger partial charge in [0.15, 0.2) is 18.1 Å². The van der Waals surface area contributed by atoms with E-state index in [2.05, 4.69) is 23.1 Å². The highest BCUT2D eigenvalue weighted by molar-refractivity contribution is 6.02. The second-order valence-electron chi connectivity index (χ2n) is 16.3. The Bertz CT molecular complexity index is 1720. The van der Waals surface area contributed by atoms with Crippen molar-refractivity contribution in [2.75, 3.05) is 45.9 Å². The van der Waals surface area contributed by atoms with Crippen LogP contribution in [0, 0.1) is 35.0 Å². The van der Waals surface area contributed by atoms with E-state index in [0.717, 1.165) is 95.9 Å². The summed E-state index contributed by atoms with van der Waals surface area (Å²) in [6.45, 7) is 14.5. The van der Waals surface area contributed by atoms with Crippen molar-refractivity contribution >= 4 is 47.5 Å². The lowest BCUT2D eigenvalue weighted by Crippen LogP contribution is -2.63. The van der Waals surface area contributed by atoms with E-state index in [1.165, 1.54) is 13.3 Å². The van der Waals surface area contributed by atoms with Crippen LogP contribution in [0.25, 0.3) is 6.08 Å². The molecule has 0 radical (unpaired) electrons. The van der Waals surface area contributed by atoms with E-state index in [-0.39, 0.29) is 41.8 Å². The van der Waals surface area contributed by atoms with Gasteiger partial charge < -0.3 is 49.4 Å². The van der Waals surface area contributed by atoms with E-state index in [1.807, 2.05) is 37.8 Å². The lowest BCUT2D eigenvalue weighted by molar-refractivity contribution is -0.292. The molecule has 6 atom stereocenters. The average molecular weight is 826 g/mol. The minimum Gasteiger partial charge on any atom is -0.463 e. The normalized spacial score (nSPS) is 23.7. The highest BCUT2D eigenvalue weighted by atomic mass is 16.7. The fourth-order valence-electron chi connectivity index (χ4n) is 8.25. The Morgan fingerprint density at radius 1 is 0.898 bits per heavy atom. The van der Waals surface area contributed by atoms with Gasteiger partial charge >= 0.3 is 23.9 Å². The standard InChI is InChI=1S/C43H63N5O11/c1-26(2)37(45)34(41(46)59-42-40(57-31(7)52)39(56-30(6)51)38(55-29(5)50)35(58-42)24-54-28(4)49)22-33-13-12-32(21-27(33)3)11-8-9-17-47-18-10-14-43(25-47)15-19-48(20-16-43)36(53)23-44/h8,11-13,21,26,34-35,38-40,42,45-46H,9-10,14-20,22-25,44H2,1-7H3/t34?,35-,38-,39+,40-,42+/m1/s1. The topological polar surface area (TPSA) is 221 Å². The number of esters is 4.